The Morgan fingerprint density at radius 1 is 1.31 bits per heavy atom. The molecule has 0 radical (unpaired) electrons. The Morgan fingerprint density at radius 3 is 2.72 bits per heavy atom. The number of nitrogens with one attached hydrogen (secondary N) is 2. The van der Waals surface area contributed by atoms with Crippen LogP contribution in [0, 0.1) is 0 Å². The fourth-order valence-electron chi connectivity index (χ4n) is 4.34. The van der Waals surface area contributed by atoms with Crippen LogP contribution in [0.15, 0.2) is 51.4 Å². The van der Waals surface area contributed by atoms with Gasteiger partial charge in [0.15, 0.2) is 0 Å². The number of hydrogen-bond donors (Lipinski definition) is 3. The van der Waals surface area contributed by atoms with E-state index in [0.717, 1.165) is 5.57 Å². The average molecular weight is 460 g/mol. The average Bonchev–Trinajstić information content (AvgIpc) is 3.02. The van der Waals surface area contributed by atoms with Crippen molar-refractivity contribution in [1.82, 2.24) is 15.5 Å². The summed E-state index contributed by atoms with van der Waals surface area (Å²) in [4.78, 5) is 50.2. The number of carboxylic acid groups (broad SMARTS) is 1. The van der Waals surface area contributed by atoms with E-state index in [1.807, 2.05) is 18.2 Å². The highest BCUT2D eigenvalue weighted by Gasteiger charge is 2.64. The van der Waals surface area contributed by atoms with Crippen LogP contribution in [-0.4, -0.2) is 56.0 Å². The van der Waals surface area contributed by atoms with Gasteiger partial charge < -0.3 is 19.7 Å². The summed E-state index contributed by atoms with van der Waals surface area (Å²) < 4.78 is 4.22. The Morgan fingerprint density at radius 2 is 2.09 bits per heavy atom. The van der Waals surface area contributed by atoms with Crippen molar-refractivity contribution in [2.45, 2.75) is 61.5 Å². The summed E-state index contributed by atoms with van der Waals surface area (Å²) in [6, 6.07) is 0.567. The zero-order valence-electron chi connectivity index (χ0n) is 17.7. The van der Waals surface area contributed by atoms with Gasteiger partial charge in [0.25, 0.3) is 0 Å². The molecule has 0 bridgehead atoms. The van der Waals surface area contributed by atoms with Gasteiger partial charge in [-0.15, -0.1) is 11.8 Å². The molecule has 3 N–H and O–H groups in total. The van der Waals surface area contributed by atoms with E-state index >= 15 is 0 Å². The lowest BCUT2D eigenvalue weighted by Gasteiger charge is -2.44. The molecule has 0 spiro atoms. The minimum Gasteiger partial charge on any atom is -0.480 e. The molecule has 1 unspecified atom stereocenters. The first kappa shape index (κ1) is 22.3. The third kappa shape index (κ3) is 4.12. The molecule has 2 saturated heterocycles. The first-order valence-corrected chi connectivity index (χ1v) is 11.3. The Kier molecular flexibility index (Phi) is 6.00. The number of carbonyl (C=O) groups excluding carboxylic acids is 2. The van der Waals surface area contributed by atoms with E-state index in [-0.39, 0.29) is 11.8 Å². The maximum absolute atomic E-state index is 13.2. The third-order valence-corrected chi connectivity index (χ3v) is 7.48. The molecule has 2 amide bonds. The summed E-state index contributed by atoms with van der Waals surface area (Å²) in [5.41, 5.74) is 1.14. The number of aliphatic carboxylic acids is 1. The number of hydrogen-bond acceptors (Lipinski definition) is 7. The number of carbonyl (C=O) groups is 3. The maximum Gasteiger partial charge on any atom is 0.335 e. The maximum atomic E-state index is 13.2. The van der Waals surface area contributed by atoms with Crippen molar-refractivity contribution < 1.29 is 23.9 Å². The highest BCUT2D eigenvalue weighted by molar-refractivity contribution is 8.01. The standard InChI is InChI=1S/C22H25N3O6S/c1-22(2)17(21(29)30)25-19(28)16(20(25)32-22)24-18(27)15(13-6-4-3-5-7-13)23-10-12-8-9-14(26)31-11-12/h3-4,7-9,11,15-17,20,23H,5-6,10H2,1-2H3,(H,24,27)(H,29,30)/t15?,16-,17+,20-/m1/s1. The molecule has 3 heterocycles. The van der Waals surface area contributed by atoms with Crippen molar-refractivity contribution in [2.75, 3.05) is 0 Å². The van der Waals surface area contributed by atoms with E-state index in [9.17, 15) is 24.3 Å². The molecule has 4 rings (SSSR count). The van der Waals surface area contributed by atoms with Crippen LogP contribution in [0.4, 0.5) is 0 Å². The molecule has 170 valence electrons. The monoisotopic (exact) mass is 459 g/mol. The molecule has 4 atom stereocenters. The second kappa shape index (κ2) is 8.59. The molecule has 1 aliphatic carbocycles. The molecule has 0 saturated carbocycles. The third-order valence-electron chi connectivity index (χ3n) is 5.91. The van der Waals surface area contributed by atoms with Crippen LogP contribution in [-0.2, 0) is 20.9 Å². The normalized spacial score (nSPS) is 26.7. The second-order valence-electron chi connectivity index (χ2n) is 8.55. The first-order valence-electron chi connectivity index (χ1n) is 10.4. The van der Waals surface area contributed by atoms with Gasteiger partial charge in [0, 0.05) is 22.9 Å². The lowest BCUT2D eigenvalue weighted by molar-refractivity contribution is -0.161. The Balaban J connectivity index is 1.47. The van der Waals surface area contributed by atoms with E-state index in [0.29, 0.717) is 24.9 Å². The van der Waals surface area contributed by atoms with Crippen molar-refractivity contribution in [3.05, 3.63) is 58.2 Å². The van der Waals surface area contributed by atoms with Crippen molar-refractivity contribution >= 4 is 29.5 Å². The second-order valence-corrected chi connectivity index (χ2v) is 10.3. The van der Waals surface area contributed by atoms with Crippen molar-refractivity contribution in [3.8, 4) is 0 Å². The van der Waals surface area contributed by atoms with Crippen LogP contribution in [0.2, 0.25) is 0 Å². The van der Waals surface area contributed by atoms with Gasteiger partial charge in [0.1, 0.15) is 23.5 Å². The number of amides is 2. The molecule has 0 aromatic carbocycles. The van der Waals surface area contributed by atoms with Gasteiger partial charge in [0.2, 0.25) is 11.8 Å². The van der Waals surface area contributed by atoms with E-state index in [4.69, 9.17) is 4.42 Å². The number of thioether (sulfide) groups is 1. The number of nitrogens with zero attached hydrogens (tertiary/aromatic N) is 1. The van der Waals surface area contributed by atoms with Gasteiger partial charge in [0.05, 0.1) is 6.26 Å². The lowest BCUT2D eigenvalue weighted by Crippen LogP contribution is -2.71. The van der Waals surface area contributed by atoms with Crippen LogP contribution < -0.4 is 16.3 Å². The Labute approximate surface area is 188 Å². The first-order chi connectivity index (χ1) is 15.2. The van der Waals surface area contributed by atoms with Crippen molar-refractivity contribution in [1.29, 1.82) is 0 Å². The summed E-state index contributed by atoms with van der Waals surface area (Å²) in [5, 5.41) is 15.2. The summed E-state index contributed by atoms with van der Waals surface area (Å²) in [5.74, 6) is -1.77. The predicted octanol–water partition coefficient (Wildman–Crippen LogP) is 1.01. The zero-order chi connectivity index (χ0) is 23.0. The highest BCUT2D eigenvalue weighted by atomic mass is 32.2. The van der Waals surface area contributed by atoms with Gasteiger partial charge >= 0.3 is 11.6 Å². The van der Waals surface area contributed by atoms with Gasteiger partial charge in [-0.25, -0.2) is 9.59 Å². The van der Waals surface area contributed by atoms with Crippen LogP contribution >= 0.6 is 11.8 Å². The molecule has 1 aromatic rings. The minimum absolute atomic E-state index is 0.292. The SMILES string of the molecule is CC1(C)S[C@@H]2[C@H](NC(=O)C(NCc3ccc(=O)oc3)C3=CCC=CC3)C(=O)N2[C@H]1C(=O)O. The van der Waals surface area contributed by atoms with Crippen LogP contribution in [0.5, 0.6) is 0 Å². The van der Waals surface area contributed by atoms with Gasteiger partial charge in [-0.1, -0.05) is 18.2 Å². The van der Waals surface area contributed by atoms with Gasteiger partial charge in [-0.2, -0.15) is 0 Å². The minimum atomic E-state index is -1.05. The van der Waals surface area contributed by atoms with E-state index < -0.39 is 39.8 Å². The largest absolute Gasteiger partial charge is 0.480 e. The van der Waals surface area contributed by atoms with Gasteiger partial charge in [-0.05, 0) is 38.3 Å². The Hall–Kier alpha value is -2.85. The molecule has 32 heavy (non-hydrogen) atoms. The molecular weight excluding hydrogens is 434 g/mol. The van der Waals surface area contributed by atoms with E-state index in [1.165, 1.54) is 29.0 Å². The quantitative estimate of drug-likeness (QED) is 0.407. The number of β-lactam (4-membered cyclic amide) rings is 1. The van der Waals surface area contributed by atoms with Crippen molar-refractivity contribution in [3.63, 3.8) is 0 Å². The molecule has 3 aliphatic rings. The molecule has 9 nitrogen and oxygen atoms in total. The summed E-state index contributed by atoms with van der Waals surface area (Å²) in [6.07, 6.45) is 8.64. The lowest BCUT2D eigenvalue weighted by atomic mass is 9.94. The number of fused-ring (bicyclic) bond motifs is 1. The molecular formula is C22H25N3O6S. The molecule has 2 aliphatic heterocycles. The molecule has 2 fully saturated rings. The predicted molar refractivity (Wildman–Crippen MR) is 118 cm³/mol. The van der Waals surface area contributed by atoms with Gasteiger partial charge in [-0.3, -0.25) is 14.9 Å². The number of rotatable bonds is 7. The summed E-state index contributed by atoms with van der Waals surface area (Å²) >= 11 is 1.39. The number of carboxylic acids is 1. The zero-order valence-corrected chi connectivity index (χ0v) is 18.6. The highest BCUT2D eigenvalue weighted by Crippen LogP contribution is 2.50. The number of allylic oxidation sites excluding steroid dienone is 3. The van der Waals surface area contributed by atoms with E-state index in [2.05, 4.69) is 10.6 Å². The summed E-state index contributed by atoms with van der Waals surface area (Å²) in [6.45, 7) is 3.88. The van der Waals surface area contributed by atoms with Crippen LogP contribution in [0.25, 0.3) is 0 Å². The smallest absolute Gasteiger partial charge is 0.335 e. The fraction of sp³-hybridized carbons (Fsp3) is 0.455. The summed E-state index contributed by atoms with van der Waals surface area (Å²) in [7, 11) is 0. The fourth-order valence-corrected chi connectivity index (χ4v) is 5.96. The van der Waals surface area contributed by atoms with Crippen molar-refractivity contribution in [2.24, 2.45) is 0 Å². The van der Waals surface area contributed by atoms with E-state index in [1.54, 1.807) is 19.9 Å². The molecule has 1 aromatic heterocycles. The molecule has 10 heteroatoms. The van der Waals surface area contributed by atoms with Crippen LogP contribution in [0.1, 0.15) is 32.3 Å². The Bertz CT molecular complexity index is 1040. The van der Waals surface area contributed by atoms with Crippen LogP contribution in [0.3, 0.4) is 0 Å². The topological polar surface area (TPSA) is 129 Å².